The van der Waals surface area contributed by atoms with Gasteiger partial charge in [-0.3, -0.25) is 4.99 Å². The third kappa shape index (κ3) is 1.76. The van der Waals surface area contributed by atoms with Crippen LogP contribution in [-0.2, 0) is 0 Å². The van der Waals surface area contributed by atoms with Gasteiger partial charge in [0.2, 0.25) is 0 Å². The fourth-order valence-electron chi connectivity index (χ4n) is 0.102. The third-order valence-corrected chi connectivity index (χ3v) is 0.562. The lowest BCUT2D eigenvalue weighted by molar-refractivity contribution is 1.28. The first-order valence-corrected chi connectivity index (χ1v) is 1.79. The Balaban J connectivity index is 3.81. The molecule has 0 rings (SSSR count). The zero-order valence-electron chi connectivity index (χ0n) is 4.15. The number of nitrogens with zero attached hydrogens (tertiary/aromatic N) is 1. The van der Waals surface area contributed by atoms with Gasteiger partial charge in [0, 0.05) is 5.70 Å². The van der Waals surface area contributed by atoms with Crippen LogP contribution in [0.15, 0.2) is 29.5 Å². The van der Waals surface area contributed by atoms with E-state index in [1.807, 2.05) is 0 Å². The van der Waals surface area contributed by atoms with Gasteiger partial charge in [0.05, 0.1) is 5.70 Å². The maximum atomic E-state index is 5.12. The minimum absolute atomic E-state index is 0.370. The summed E-state index contributed by atoms with van der Waals surface area (Å²) < 4.78 is 0. The first kappa shape index (κ1) is 5.95. The van der Waals surface area contributed by atoms with Gasteiger partial charge in [0.1, 0.15) is 0 Å². The number of nitrogens with two attached hydrogens (primary N) is 1. The zero-order valence-corrected chi connectivity index (χ0v) is 4.15. The highest BCUT2D eigenvalue weighted by molar-refractivity contribution is 5.34. The molecule has 0 fully saturated rings. The van der Waals surface area contributed by atoms with E-state index in [1.165, 1.54) is 0 Å². The Morgan fingerprint density at radius 1 is 1.43 bits per heavy atom. The SMILES string of the molecule is C=NC(=C)C(=C)N. The first-order valence-electron chi connectivity index (χ1n) is 1.79. The van der Waals surface area contributed by atoms with Crippen molar-refractivity contribution in [2.45, 2.75) is 0 Å². The van der Waals surface area contributed by atoms with Crippen LogP contribution >= 0.6 is 0 Å². The molecule has 0 bridgehead atoms. The lowest BCUT2D eigenvalue weighted by Gasteiger charge is -1.90. The van der Waals surface area contributed by atoms with Crippen molar-refractivity contribution in [3.63, 3.8) is 0 Å². The van der Waals surface area contributed by atoms with Gasteiger partial charge >= 0.3 is 0 Å². The third-order valence-electron chi connectivity index (χ3n) is 0.562. The average molecular weight is 96.1 g/mol. The molecule has 2 N–H and O–H groups in total. The Hall–Kier alpha value is -1.05. The van der Waals surface area contributed by atoms with Gasteiger partial charge in [0.15, 0.2) is 0 Å². The van der Waals surface area contributed by atoms with E-state index in [1.54, 1.807) is 0 Å². The van der Waals surface area contributed by atoms with Gasteiger partial charge < -0.3 is 5.73 Å². The fourth-order valence-corrected chi connectivity index (χ4v) is 0.102. The quantitative estimate of drug-likeness (QED) is 0.398. The molecular formula is C5H8N2. The highest BCUT2D eigenvalue weighted by Gasteiger charge is 1.83. The lowest BCUT2D eigenvalue weighted by atomic mass is 10.4. The molecule has 0 heterocycles. The van der Waals surface area contributed by atoms with Crippen molar-refractivity contribution in [3.05, 3.63) is 24.6 Å². The second-order valence-electron chi connectivity index (χ2n) is 1.13. The number of aliphatic imine (C=N–C) groups is 1. The number of hydrogen-bond donors (Lipinski definition) is 1. The van der Waals surface area contributed by atoms with Crippen molar-refractivity contribution in [2.75, 3.05) is 0 Å². The van der Waals surface area contributed by atoms with Crippen molar-refractivity contribution in [3.8, 4) is 0 Å². The standard InChI is InChI=1S/C5H8N2/c1-4(6)5(2)7-3/h1-3,6H2. The summed E-state index contributed by atoms with van der Waals surface area (Å²) in [7, 11) is 0. The topological polar surface area (TPSA) is 38.4 Å². The zero-order chi connectivity index (χ0) is 5.86. The molecule has 2 nitrogen and oxygen atoms in total. The molecule has 38 valence electrons. The van der Waals surface area contributed by atoms with Crippen LogP contribution in [0.5, 0.6) is 0 Å². The predicted molar refractivity (Wildman–Crippen MR) is 32.0 cm³/mol. The van der Waals surface area contributed by atoms with Crippen molar-refractivity contribution >= 4 is 6.72 Å². The van der Waals surface area contributed by atoms with Crippen molar-refractivity contribution in [2.24, 2.45) is 10.7 Å². The minimum Gasteiger partial charge on any atom is -0.397 e. The Labute approximate surface area is 43.1 Å². The minimum atomic E-state index is 0.370. The second kappa shape index (κ2) is 2.18. The summed E-state index contributed by atoms with van der Waals surface area (Å²) in [5, 5.41) is 0. The van der Waals surface area contributed by atoms with Crippen molar-refractivity contribution in [1.82, 2.24) is 0 Å². The van der Waals surface area contributed by atoms with E-state index in [0.717, 1.165) is 0 Å². The van der Waals surface area contributed by atoms with E-state index in [0.29, 0.717) is 11.4 Å². The Morgan fingerprint density at radius 3 is 1.86 bits per heavy atom. The van der Waals surface area contributed by atoms with Gasteiger partial charge in [0.25, 0.3) is 0 Å². The molecule has 0 spiro atoms. The Kier molecular flexibility index (Phi) is 1.85. The van der Waals surface area contributed by atoms with Gasteiger partial charge in [-0.25, -0.2) is 0 Å². The van der Waals surface area contributed by atoms with Crippen molar-refractivity contribution < 1.29 is 0 Å². The van der Waals surface area contributed by atoms with Crippen LogP contribution in [0.25, 0.3) is 0 Å². The van der Waals surface area contributed by atoms with Crippen molar-refractivity contribution in [1.29, 1.82) is 0 Å². The molecule has 0 aliphatic carbocycles. The van der Waals surface area contributed by atoms with Crippen LogP contribution in [0.4, 0.5) is 0 Å². The van der Waals surface area contributed by atoms with Crippen LogP contribution in [-0.4, -0.2) is 6.72 Å². The largest absolute Gasteiger partial charge is 0.397 e. The molecule has 0 saturated carbocycles. The highest BCUT2D eigenvalue weighted by Crippen LogP contribution is 1.94. The van der Waals surface area contributed by atoms with Crippen LogP contribution in [0.1, 0.15) is 0 Å². The molecule has 0 amide bonds. The molecule has 0 saturated heterocycles. The summed E-state index contributed by atoms with van der Waals surface area (Å²) >= 11 is 0. The molecule has 2 heteroatoms. The highest BCUT2D eigenvalue weighted by atomic mass is 14.8. The molecule has 0 aromatic rings. The number of rotatable bonds is 2. The van der Waals surface area contributed by atoms with Crippen LogP contribution in [0.2, 0.25) is 0 Å². The molecule has 7 heavy (non-hydrogen) atoms. The molecule has 0 atom stereocenters. The van der Waals surface area contributed by atoms with E-state index in [4.69, 9.17) is 5.73 Å². The summed E-state index contributed by atoms with van der Waals surface area (Å²) in [6.07, 6.45) is 0. The maximum Gasteiger partial charge on any atom is 0.0773 e. The summed E-state index contributed by atoms with van der Waals surface area (Å²) in [5.74, 6) is 0. The number of hydrogen-bond acceptors (Lipinski definition) is 2. The van der Waals surface area contributed by atoms with Gasteiger partial charge in [-0.15, -0.1) is 0 Å². The molecule has 0 aromatic carbocycles. The van der Waals surface area contributed by atoms with Gasteiger partial charge in [-0.1, -0.05) is 13.2 Å². The molecule has 0 aliphatic rings. The monoisotopic (exact) mass is 96.1 g/mol. The van der Waals surface area contributed by atoms with Gasteiger partial charge in [-0.2, -0.15) is 0 Å². The lowest BCUT2D eigenvalue weighted by Crippen LogP contribution is -1.94. The summed E-state index contributed by atoms with van der Waals surface area (Å²) in [6.45, 7) is 9.98. The average Bonchev–Trinajstić information content (AvgIpc) is 1.65. The van der Waals surface area contributed by atoms with E-state index in [-0.39, 0.29) is 0 Å². The normalized spacial score (nSPS) is 7.43. The summed E-state index contributed by atoms with van der Waals surface area (Å²) in [6, 6.07) is 0. The predicted octanol–water partition coefficient (Wildman–Crippen LogP) is 0.673. The molecule has 0 unspecified atom stereocenters. The first-order chi connectivity index (χ1) is 3.18. The molecule has 0 aromatic heterocycles. The smallest absolute Gasteiger partial charge is 0.0773 e. The van der Waals surface area contributed by atoms with E-state index >= 15 is 0 Å². The van der Waals surface area contributed by atoms with Crippen LogP contribution < -0.4 is 5.73 Å². The molecule has 0 aliphatic heterocycles. The van der Waals surface area contributed by atoms with E-state index in [9.17, 15) is 0 Å². The van der Waals surface area contributed by atoms with E-state index < -0.39 is 0 Å². The molecule has 0 radical (unpaired) electrons. The summed E-state index contributed by atoms with van der Waals surface area (Å²) in [4.78, 5) is 3.42. The Bertz CT molecular complexity index is 113. The summed E-state index contributed by atoms with van der Waals surface area (Å²) in [5.41, 5.74) is 5.93. The molecular weight excluding hydrogens is 88.1 g/mol. The van der Waals surface area contributed by atoms with E-state index in [2.05, 4.69) is 24.9 Å². The maximum absolute atomic E-state index is 5.12. The van der Waals surface area contributed by atoms with Gasteiger partial charge in [-0.05, 0) is 6.72 Å². The Morgan fingerprint density at radius 2 is 1.86 bits per heavy atom. The second-order valence-corrected chi connectivity index (χ2v) is 1.13. The fraction of sp³-hybridized carbons (Fsp3) is 0. The van der Waals surface area contributed by atoms with Crippen LogP contribution in [0.3, 0.4) is 0 Å². The van der Waals surface area contributed by atoms with Crippen LogP contribution in [0, 0.1) is 0 Å².